The minimum absolute atomic E-state index is 0.108. The van der Waals surface area contributed by atoms with Gasteiger partial charge in [0.2, 0.25) is 10.0 Å². The van der Waals surface area contributed by atoms with Crippen LogP contribution in [0.25, 0.3) is 0 Å². The summed E-state index contributed by atoms with van der Waals surface area (Å²) in [5, 5.41) is 2.92. The molecule has 2 N–H and O–H groups in total. The lowest BCUT2D eigenvalue weighted by Crippen LogP contribution is -2.41. The number of nitrogens with one attached hydrogen (secondary N) is 2. The first-order valence-corrected chi connectivity index (χ1v) is 13.1. The molecule has 1 fully saturated rings. The third kappa shape index (κ3) is 7.99. The summed E-state index contributed by atoms with van der Waals surface area (Å²) >= 11 is 0. The van der Waals surface area contributed by atoms with E-state index in [1.807, 2.05) is 0 Å². The SMILES string of the molecule is CCOC(=O)Oc1ccc(C(=O)NCC2CCN(C(=O)c3ccc(NS(C)(=O)=O)cc3)CC2)cc1. The molecule has 0 spiro atoms. The molecule has 1 aliphatic heterocycles. The van der Waals surface area contributed by atoms with Gasteiger partial charge in [-0.1, -0.05) is 0 Å². The number of carbonyl (C=O) groups is 3. The van der Waals surface area contributed by atoms with Gasteiger partial charge in [0.25, 0.3) is 11.8 Å². The lowest BCUT2D eigenvalue weighted by atomic mass is 9.96. The van der Waals surface area contributed by atoms with Crippen LogP contribution in [-0.2, 0) is 14.8 Å². The van der Waals surface area contributed by atoms with Crippen LogP contribution in [0.3, 0.4) is 0 Å². The van der Waals surface area contributed by atoms with E-state index < -0.39 is 16.2 Å². The minimum Gasteiger partial charge on any atom is -0.434 e. The molecule has 1 heterocycles. The Morgan fingerprint density at radius 1 is 0.971 bits per heavy atom. The largest absolute Gasteiger partial charge is 0.513 e. The van der Waals surface area contributed by atoms with E-state index >= 15 is 0 Å². The van der Waals surface area contributed by atoms with Gasteiger partial charge in [-0.3, -0.25) is 14.3 Å². The van der Waals surface area contributed by atoms with Crippen molar-refractivity contribution < 1.29 is 32.3 Å². The molecule has 2 aromatic rings. The van der Waals surface area contributed by atoms with Crippen molar-refractivity contribution in [3.8, 4) is 5.75 Å². The van der Waals surface area contributed by atoms with Crippen molar-refractivity contribution in [2.75, 3.05) is 37.2 Å². The summed E-state index contributed by atoms with van der Waals surface area (Å²) in [5.41, 5.74) is 1.34. The summed E-state index contributed by atoms with van der Waals surface area (Å²) in [6.45, 7) is 3.53. The van der Waals surface area contributed by atoms with Crippen molar-refractivity contribution in [3.63, 3.8) is 0 Å². The van der Waals surface area contributed by atoms with Crippen LogP contribution in [0.15, 0.2) is 48.5 Å². The minimum atomic E-state index is -3.37. The van der Waals surface area contributed by atoms with E-state index in [2.05, 4.69) is 10.0 Å². The molecule has 1 aliphatic rings. The summed E-state index contributed by atoms with van der Waals surface area (Å²) in [4.78, 5) is 38.3. The normalized spacial score (nSPS) is 14.2. The Balaban J connectivity index is 1.43. The topological polar surface area (TPSA) is 131 Å². The zero-order valence-electron chi connectivity index (χ0n) is 19.7. The number of rotatable bonds is 8. The standard InChI is InChI=1S/C24H29N3O7S/c1-3-33-24(30)34-21-10-6-18(7-11-21)22(28)25-16-17-12-14-27(15-13-17)23(29)19-4-8-20(9-5-19)26-35(2,31)32/h4-11,17,26H,3,12-16H2,1-2H3,(H,25,28). The Hall–Kier alpha value is -3.60. The molecule has 0 radical (unpaired) electrons. The van der Waals surface area contributed by atoms with E-state index in [-0.39, 0.29) is 24.3 Å². The van der Waals surface area contributed by atoms with Gasteiger partial charge in [-0.2, -0.15) is 0 Å². The average Bonchev–Trinajstić information content (AvgIpc) is 2.82. The van der Waals surface area contributed by atoms with Gasteiger partial charge in [0.05, 0.1) is 12.9 Å². The molecule has 0 atom stereocenters. The Labute approximate surface area is 204 Å². The molecule has 188 valence electrons. The number of sulfonamides is 1. The fourth-order valence-corrected chi connectivity index (χ4v) is 4.24. The summed E-state index contributed by atoms with van der Waals surface area (Å²) in [7, 11) is -3.37. The highest BCUT2D eigenvalue weighted by Gasteiger charge is 2.24. The number of carbonyl (C=O) groups excluding carboxylic acids is 3. The van der Waals surface area contributed by atoms with Crippen LogP contribution in [0.4, 0.5) is 10.5 Å². The molecule has 35 heavy (non-hydrogen) atoms. The average molecular weight is 504 g/mol. The molecule has 10 nitrogen and oxygen atoms in total. The molecule has 3 rings (SSSR count). The number of hydrogen-bond acceptors (Lipinski definition) is 7. The highest BCUT2D eigenvalue weighted by atomic mass is 32.2. The predicted molar refractivity (Wildman–Crippen MR) is 130 cm³/mol. The molecule has 0 bridgehead atoms. The molecule has 1 saturated heterocycles. The molecule has 2 amide bonds. The van der Waals surface area contributed by atoms with Crippen LogP contribution in [0.1, 0.15) is 40.5 Å². The second-order valence-corrected chi connectivity index (χ2v) is 9.96. The molecule has 0 aliphatic carbocycles. The zero-order chi connectivity index (χ0) is 25.4. The van der Waals surface area contributed by atoms with Gasteiger partial charge in [-0.05, 0) is 74.2 Å². The summed E-state index contributed by atoms with van der Waals surface area (Å²) in [6, 6.07) is 12.5. The van der Waals surface area contributed by atoms with Crippen LogP contribution in [0.2, 0.25) is 0 Å². The molecular formula is C24H29N3O7S. The number of hydrogen-bond donors (Lipinski definition) is 2. The second-order valence-electron chi connectivity index (χ2n) is 8.21. The molecular weight excluding hydrogens is 474 g/mol. The van der Waals surface area contributed by atoms with Crippen LogP contribution >= 0.6 is 0 Å². The van der Waals surface area contributed by atoms with E-state index in [1.165, 1.54) is 12.1 Å². The van der Waals surface area contributed by atoms with Gasteiger partial charge in [-0.15, -0.1) is 0 Å². The highest BCUT2D eigenvalue weighted by Crippen LogP contribution is 2.20. The Bertz CT molecular complexity index is 1140. The van der Waals surface area contributed by atoms with Gasteiger partial charge < -0.3 is 19.7 Å². The summed E-state index contributed by atoms with van der Waals surface area (Å²) in [5.74, 6) is 0.201. The molecule has 0 aromatic heterocycles. The number of likely N-dealkylation sites (tertiary alicyclic amines) is 1. The van der Waals surface area contributed by atoms with E-state index in [1.54, 1.807) is 48.2 Å². The maximum Gasteiger partial charge on any atom is 0.513 e. The number of nitrogens with zero attached hydrogens (tertiary/aromatic N) is 1. The van der Waals surface area contributed by atoms with Crippen molar-refractivity contribution in [3.05, 3.63) is 59.7 Å². The van der Waals surface area contributed by atoms with Crippen molar-refractivity contribution in [1.29, 1.82) is 0 Å². The molecule has 0 saturated carbocycles. The number of benzene rings is 2. The number of ether oxygens (including phenoxy) is 2. The Morgan fingerprint density at radius 2 is 1.57 bits per heavy atom. The van der Waals surface area contributed by atoms with E-state index in [4.69, 9.17) is 9.47 Å². The zero-order valence-corrected chi connectivity index (χ0v) is 20.5. The van der Waals surface area contributed by atoms with Crippen LogP contribution in [-0.4, -0.2) is 63.8 Å². The number of anilines is 1. The summed E-state index contributed by atoms with van der Waals surface area (Å²) < 4.78 is 34.7. The smallest absolute Gasteiger partial charge is 0.434 e. The Kier molecular flexibility index (Phi) is 8.69. The van der Waals surface area contributed by atoms with Crippen molar-refractivity contribution >= 4 is 33.7 Å². The predicted octanol–water partition coefficient (Wildman–Crippen LogP) is 2.88. The number of piperidine rings is 1. The Morgan fingerprint density at radius 3 is 2.14 bits per heavy atom. The third-order valence-corrected chi connectivity index (χ3v) is 6.07. The third-order valence-electron chi connectivity index (χ3n) is 5.47. The monoisotopic (exact) mass is 503 g/mol. The van der Waals surface area contributed by atoms with Crippen molar-refractivity contribution in [2.24, 2.45) is 5.92 Å². The summed E-state index contributed by atoms with van der Waals surface area (Å²) in [6.07, 6.45) is 1.78. The molecule has 11 heteroatoms. The first-order valence-electron chi connectivity index (χ1n) is 11.2. The lowest BCUT2D eigenvalue weighted by Gasteiger charge is -2.32. The van der Waals surface area contributed by atoms with Gasteiger partial charge in [0.15, 0.2) is 0 Å². The van der Waals surface area contributed by atoms with Crippen molar-refractivity contribution in [2.45, 2.75) is 19.8 Å². The van der Waals surface area contributed by atoms with Crippen LogP contribution in [0, 0.1) is 5.92 Å². The maximum absolute atomic E-state index is 12.8. The van der Waals surface area contributed by atoms with Gasteiger partial charge in [0.1, 0.15) is 5.75 Å². The highest BCUT2D eigenvalue weighted by molar-refractivity contribution is 7.92. The number of amides is 2. The first-order chi connectivity index (χ1) is 16.6. The van der Waals surface area contributed by atoms with E-state index in [9.17, 15) is 22.8 Å². The molecule has 2 aromatic carbocycles. The van der Waals surface area contributed by atoms with Gasteiger partial charge in [-0.25, -0.2) is 13.2 Å². The van der Waals surface area contributed by atoms with E-state index in [0.29, 0.717) is 42.2 Å². The quantitative estimate of drug-likeness (QED) is 0.418. The van der Waals surface area contributed by atoms with Gasteiger partial charge in [0, 0.05) is 36.4 Å². The van der Waals surface area contributed by atoms with Gasteiger partial charge >= 0.3 is 6.16 Å². The maximum atomic E-state index is 12.8. The second kappa shape index (κ2) is 11.7. The van der Waals surface area contributed by atoms with E-state index in [0.717, 1.165) is 19.1 Å². The van der Waals surface area contributed by atoms with Crippen LogP contribution < -0.4 is 14.8 Å². The molecule has 0 unspecified atom stereocenters. The fourth-order valence-electron chi connectivity index (χ4n) is 3.67. The van der Waals surface area contributed by atoms with Crippen LogP contribution in [0.5, 0.6) is 5.75 Å². The lowest BCUT2D eigenvalue weighted by molar-refractivity contribution is 0.0684. The fraction of sp³-hybridized carbons (Fsp3) is 0.375. The van der Waals surface area contributed by atoms with Crippen molar-refractivity contribution in [1.82, 2.24) is 10.2 Å². The first kappa shape index (κ1) is 26.0.